The lowest BCUT2D eigenvalue weighted by atomic mass is 9.74. The molecule has 1 fully saturated rings. The van der Waals surface area contributed by atoms with Gasteiger partial charge in [0.15, 0.2) is 5.78 Å². The van der Waals surface area contributed by atoms with Crippen LogP contribution in [0.5, 0.6) is 5.75 Å². The Kier molecular flexibility index (Phi) is 4.39. The summed E-state index contributed by atoms with van der Waals surface area (Å²) in [5, 5.41) is 10.6. The Morgan fingerprint density at radius 2 is 1.85 bits per heavy atom. The van der Waals surface area contributed by atoms with E-state index in [4.69, 9.17) is 5.73 Å². The van der Waals surface area contributed by atoms with Crippen LogP contribution in [0.4, 0.5) is 5.95 Å². The predicted octanol–water partition coefficient (Wildman–Crippen LogP) is 4.03. The normalized spacial score (nSPS) is 20.8. The molecule has 0 spiro atoms. The van der Waals surface area contributed by atoms with E-state index in [9.17, 15) is 9.90 Å². The van der Waals surface area contributed by atoms with Gasteiger partial charge in [-0.3, -0.25) is 4.79 Å². The number of nitrogen functional groups attached to an aromatic ring is 1. The van der Waals surface area contributed by atoms with Crippen LogP contribution < -0.4 is 5.73 Å². The van der Waals surface area contributed by atoms with Gasteiger partial charge >= 0.3 is 0 Å². The second-order valence-corrected chi connectivity index (χ2v) is 7.63. The zero-order valence-corrected chi connectivity index (χ0v) is 15.2. The Morgan fingerprint density at radius 1 is 1.08 bits per heavy atom. The molecule has 0 amide bonds. The Bertz CT molecular complexity index is 857. The van der Waals surface area contributed by atoms with Crippen LogP contribution in [-0.2, 0) is 6.42 Å². The fourth-order valence-electron chi connectivity index (χ4n) is 4.79. The molecule has 0 radical (unpaired) electrons. The van der Waals surface area contributed by atoms with Crippen LogP contribution in [-0.4, -0.2) is 20.9 Å². The minimum Gasteiger partial charge on any atom is -0.508 e. The lowest BCUT2D eigenvalue weighted by Gasteiger charge is -2.30. The van der Waals surface area contributed by atoms with E-state index in [1.165, 1.54) is 24.8 Å². The van der Waals surface area contributed by atoms with Gasteiger partial charge in [-0.05, 0) is 43.7 Å². The molecule has 0 bridgehead atoms. The fourth-order valence-corrected chi connectivity index (χ4v) is 4.79. The number of carbonyl (C=O) groups is 1. The van der Waals surface area contributed by atoms with Gasteiger partial charge in [0.1, 0.15) is 5.75 Å². The number of aryl methyl sites for hydroxylation is 1. The summed E-state index contributed by atoms with van der Waals surface area (Å²) in [5.41, 5.74) is 9.94. The Morgan fingerprint density at radius 3 is 2.62 bits per heavy atom. The van der Waals surface area contributed by atoms with E-state index in [0.29, 0.717) is 41.5 Å². The third-order valence-corrected chi connectivity index (χ3v) is 5.90. The molecule has 0 aliphatic heterocycles. The van der Waals surface area contributed by atoms with Crippen LogP contribution in [0.1, 0.15) is 83.2 Å². The first kappa shape index (κ1) is 17.0. The Balaban J connectivity index is 1.75. The molecule has 1 aromatic carbocycles. The number of ketones is 1. The quantitative estimate of drug-likeness (QED) is 0.852. The molecule has 3 N–H and O–H groups in total. The van der Waals surface area contributed by atoms with Gasteiger partial charge in [0.05, 0.1) is 17.0 Å². The van der Waals surface area contributed by atoms with Crippen LogP contribution in [0, 0.1) is 6.92 Å². The molecule has 2 aliphatic rings. The predicted molar refractivity (Wildman–Crippen MR) is 101 cm³/mol. The number of fused-ring (bicyclic) bond motifs is 1. The average molecular weight is 351 g/mol. The van der Waals surface area contributed by atoms with E-state index in [0.717, 1.165) is 18.4 Å². The summed E-state index contributed by atoms with van der Waals surface area (Å²) < 4.78 is 0. The van der Waals surface area contributed by atoms with Crippen LogP contribution >= 0.6 is 0 Å². The number of anilines is 1. The van der Waals surface area contributed by atoms with Crippen molar-refractivity contribution >= 4 is 11.7 Å². The average Bonchev–Trinajstić information content (AvgIpc) is 2.61. The second-order valence-electron chi connectivity index (χ2n) is 7.63. The van der Waals surface area contributed by atoms with E-state index in [2.05, 4.69) is 16.0 Å². The summed E-state index contributed by atoms with van der Waals surface area (Å²) in [6.45, 7) is 1.81. The smallest absolute Gasteiger partial charge is 0.220 e. The van der Waals surface area contributed by atoms with Gasteiger partial charge in [-0.1, -0.05) is 31.4 Å². The summed E-state index contributed by atoms with van der Waals surface area (Å²) in [5.74, 6) is 0.973. The van der Waals surface area contributed by atoms with Crippen molar-refractivity contribution in [3.8, 4) is 5.75 Å². The fraction of sp³-hybridized carbons (Fsp3) is 0.476. The summed E-state index contributed by atoms with van der Waals surface area (Å²) in [6, 6.07) is 5.79. The van der Waals surface area contributed by atoms with E-state index < -0.39 is 0 Å². The number of rotatable bonds is 2. The third kappa shape index (κ3) is 2.96. The molecule has 2 aromatic rings. The molecule has 4 rings (SSSR count). The first-order valence-corrected chi connectivity index (χ1v) is 9.52. The van der Waals surface area contributed by atoms with E-state index >= 15 is 0 Å². The number of hydrogen-bond acceptors (Lipinski definition) is 5. The molecule has 5 heteroatoms. The van der Waals surface area contributed by atoms with Crippen LogP contribution in [0.3, 0.4) is 0 Å². The van der Waals surface area contributed by atoms with Crippen LogP contribution in [0.15, 0.2) is 18.2 Å². The summed E-state index contributed by atoms with van der Waals surface area (Å²) in [7, 11) is 0. The zero-order chi connectivity index (χ0) is 18.3. The summed E-state index contributed by atoms with van der Waals surface area (Å²) in [6.07, 6.45) is 7.06. The Labute approximate surface area is 153 Å². The van der Waals surface area contributed by atoms with Crippen LogP contribution in [0.25, 0.3) is 0 Å². The maximum atomic E-state index is 12.8. The number of nitrogens with two attached hydrogens (primary N) is 1. The minimum atomic E-state index is -0.0539. The van der Waals surface area contributed by atoms with Gasteiger partial charge in [-0.15, -0.1) is 0 Å². The topological polar surface area (TPSA) is 89.1 Å². The molecular formula is C21H25N3O2. The number of phenols is 1. The highest BCUT2D eigenvalue weighted by atomic mass is 16.3. The van der Waals surface area contributed by atoms with Crippen LogP contribution in [0.2, 0.25) is 0 Å². The van der Waals surface area contributed by atoms with Crippen molar-refractivity contribution in [1.29, 1.82) is 0 Å². The number of phenolic OH excluding ortho intramolecular Hbond substituents is 1. The first-order chi connectivity index (χ1) is 12.5. The molecule has 5 nitrogen and oxygen atoms in total. The molecule has 26 heavy (non-hydrogen) atoms. The molecule has 0 saturated heterocycles. The van der Waals surface area contributed by atoms with Crippen molar-refractivity contribution in [1.82, 2.24) is 9.97 Å². The molecule has 136 valence electrons. The maximum Gasteiger partial charge on any atom is 0.220 e. The van der Waals surface area contributed by atoms with Gasteiger partial charge in [-0.25, -0.2) is 9.97 Å². The van der Waals surface area contributed by atoms with Crippen molar-refractivity contribution in [2.75, 3.05) is 5.73 Å². The van der Waals surface area contributed by atoms with Gasteiger partial charge < -0.3 is 10.8 Å². The zero-order valence-electron chi connectivity index (χ0n) is 15.2. The molecule has 1 unspecified atom stereocenters. The largest absolute Gasteiger partial charge is 0.508 e. The standard InChI is InChI=1S/C21H25N3O2/c1-12-19-16(24-21(22)23-12)10-14(11-18(19)26)20-15(8-5-9-17(20)25)13-6-3-2-4-7-13/h5,8-9,13-14,25H,2-4,6-7,10-11H2,1H3,(H2,22,23,24). The molecule has 2 aliphatic carbocycles. The SMILES string of the molecule is Cc1nc(N)nc2c1C(=O)CC(c1c(O)cccc1C1CCCCC1)C2. The van der Waals surface area contributed by atoms with Gasteiger partial charge in [0, 0.05) is 17.9 Å². The molecule has 1 aromatic heterocycles. The number of hydrogen-bond donors (Lipinski definition) is 2. The third-order valence-electron chi connectivity index (χ3n) is 5.90. The monoisotopic (exact) mass is 351 g/mol. The highest BCUT2D eigenvalue weighted by molar-refractivity contribution is 5.99. The number of carbonyl (C=O) groups excluding carboxylic acids is 1. The van der Waals surface area contributed by atoms with Crippen molar-refractivity contribution in [2.45, 2.75) is 63.7 Å². The number of Topliss-reactive ketones (excluding diaryl/α,β-unsaturated/α-hetero) is 1. The highest BCUT2D eigenvalue weighted by Gasteiger charge is 2.33. The van der Waals surface area contributed by atoms with Crippen molar-refractivity contribution < 1.29 is 9.90 Å². The van der Waals surface area contributed by atoms with E-state index in [1.54, 1.807) is 6.07 Å². The lowest BCUT2D eigenvalue weighted by Crippen LogP contribution is -2.24. The number of aromatic hydroxyl groups is 1. The molecule has 1 atom stereocenters. The van der Waals surface area contributed by atoms with E-state index in [1.807, 2.05) is 13.0 Å². The van der Waals surface area contributed by atoms with Gasteiger partial charge in [0.2, 0.25) is 5.95 Å². The number of nitrogens with zero attached hydrogens (tertiary/aromatic N) is 2. The van der Waals surface area contributed by atoms with Gasteiger partial charge in [0.25, 0.3) is 0 Å². The first-order valence-electron chi connectivity index (χ1n) is 9.52. The van der Waals surface area contributed by atoms with Gasteiger partial charge in [-0.2, -0.15) is 0 Å². The van der Waals surface area contributed by atoms with E-state index in [-0.39, 0.29) is 17.6 Å². The van der Waals surface area contributed by atoms with Crippen molar-refractivity contribution in [3.63, 3.8) is 0 Å². The minimum absolute atomic E-state index is 0.0478. The lowest BCUT2D eigenvalue weighted by molar-refractivity contribution is 0.0961. The van der Waals surface area contributed by atoms with Crippen molar-refractivity contribution in [3.05, 3.63) is 46.3 Å². The molecule has 1 saturated carbocycles. The summed E-state index contributed by atoms with van der Waals surface area (Å²) >= 11 is 0. The molecular weight excluding hydrogens is 326 g/mol. The summed E-state index contributed by atoms with van der Waals surface area (Å²) in [4.78, 5) is 21.3. The second kappa shape index (κ2) is 6.71. The number of benzene rings is 1. The highest BCUT2D eigenvalue weighted by Crippen LogP contribution is 2.44. The van der Waals surface area contributed by atoms with Crippen molar-refractivity contribution in [2.24, 2.45) is 0 Å². The molecule has 1 heterocycles. The number of aromatic nitrogens is 2. The maximum absolute atomic E-state index is 12.8. The Hall–Kier alpha value is -2.43.